The number of hydrogen-bond donors (Lipinski definition) is 2. The van der Waals surface area contributed by atoms with E-state index in [1.165, 1.54) is 0 Å². The Morgan fingerprint density at radius 2 is 1.50 bits per heavy atom. The molecule has 0 bridgehead atoms. The van der Waals surface area contributed by atoms with E-state index in [1.54, 1.807) is 0 Å². The van der Waals surface area contributed by atoms with Gasteiger partial charge in [0.2, 0.25) is 0 Å². The van der Waals surface area contributed by atoms with Crippen molar-refractivity contribution in [2.24, 2.45) is 0 Å². The van der Waals surface area contributed by atoms with Crippen LogP contribution in [0.4, 0.5) is 0 Å². The van der Waals surface area contributed by atoms with Crippen molar-refractivity contribution < 1.29 is 18.1 Å². The molecular formula is C13H28O4S. The van der Waals surface area contributed by atoms with Gasteiger partial charge in [0, 0.05) is 0 Å². The van der Waals surface area contributed by atoms with Gasteiger partial charge in [0.1, 0.15) is 0 Å². The van der Waals surface area contributed by atoms with Gasteiger partial charge < -0.3 is 5.11 Å². The lowest BCUT2D eigenvalue weighted by Crippen LogP contribution is -2.20. The maximum absolute atomic E-state index is 11.1. The molecule has 0 fully saturated rings. The summed E-state index contributed by atoms with van der Waals surface area (Å²) in [5.74, 6) is 0. The van der Waals surface area contributed by atoms with Gasteiger partial charge in [-0.3, -0.25) is 4.55 Å². The highest BCUT2D eigenvalue weighted by molar-refractivity contribution is 7.86. The van der Waals surface area contributed by atoms with Crippen molar-refractivity contribution in [2.75, 3.05) is 0 Å². The molecule has 2 unspecified atom stereocenters. The fourth-order valence-electron chi connectivity index (χ4n) is 2.07. The highest BCUT2D eigenvalue weighted by atomic mass is 32.2. The third kappa shape index (κ3) is 8.89. The Bertz CT molecular complexity index is 287. The van der Waals surface area contributed by atoms with Crippen molar-refractivity contribution >= 4 is 10.1 Å². The molecule has 0 aromatic rings. The minimum Gasteiger partial charge on any atom is -0.393 e. The van der Waals surface area contributed by atoms with E-state index in [-0.39, 0.29) is 6.10 Å². The zero-order chi connectivity index (χ0) is 14.0. The third-order valence-corrected chi connectivity index (χ3v) is 4.63. The molecule has 0 spiro atoms. The van der Waals surface area contributed by atoms with Crippen LogP contribution in [-0.4, -0.2) is 29.4 Å². The SMILES string of the molecule is CCCC(CCCCCCC(O)CC)S(=O)(=O)O. The number of unbranched alkanes of at least 4 members (excludes halogenated alkanes) is 3. The van der Waals surface area contributed by atoms with Crippen LogP contribution in [-0.2, 0) is 10.1 Å². The molecule has 0 radical (unpaired) electrons. The number of aliphatic hydroxyl groups excluding tert-OH is 1. The topological polar surface area (TPSA) is 74.6 Å². The van der Waals surface area contributed by atoms with Gasteiger partial charge in [-0.1, -0.05) is 46.0 Å². The summed E-state index contributed by atoms with van der Waals surface area (Å²) in [6.07, 6.45) is 7.06. The molecule has 0 saturated heterocycles. The first-order valence-corrected chi connectivity index (χ1v) is 8.56. The zero-order valence-electron chi connectivity index (χ0n) is 11.6. The van der Waals surface area contributed by atoms with Crippen LogP contribution in [0.1, 0.15) is 71.6 Å². The molecule has 4 nitrogen and oxygen atoms in total. The van der Waals surface area contributed by atoms with Crippen molar-refractivity contribution in [3.8, 4) is 0 Å². The van der Waals surface area contributed by atoms with Crippen LogP contribution in [0.3, 0.4) is 0 Å². The molecule has 0 heterocycles. The third-order valence-electron chi connectivity index (χ3n) is 3.32. The minimum absolute atomic E-state index is 0.198. The van der Waals surface area contributed by atoms with Gasteiger partial charge in [0.25, 0.3) is 10.1 Å². The van der Waals surface area contributed by atoms with Gasteiger partial charge in [-0.15, -0.1) is 0 Å². The fourth-order valence-corrected chi connectivity index (χ4v) is 3.07. The zero-order valence-corrected chi connectivity index (χ0v) is 12.5. The second-order valence-electron chi connectivity index (χ2n) is 4.98. The van der Waals surface area contributed by atoms with Crippen LogP contribution in [0.5, 0.6) is 0 Å². The maximum atomic E-state index is 11.1. The first kappa shape index (κ1) is 17.9. The molecule has 2 atom stereocenters. The molecule has 0 aliphatic rings. The smallest absolute Gasteiger partial charge is 0.267 e. The quantitative estimate of drug-likeness (QED) is 0.450. The van der Waals surface area contributed by atoms with Crippen molar-refractivity contribution in [3.63, 3.8) is 0 Å². The normalized spacial score (nSPS) is 15.6. The van der Waals surface area contributed by atoms with E-state index in [0.29, 0.717) is 12.8 Å². The van der Waals surface area contributed by atoms with Crippen LogP contribution in [0, 0.1) is 0 Å². The Morgan fingerprint density at radius 3 is 1.94 bits per heavy atom. The minimum atomic E-state index is -3.88. The van der Waals surface area contributed by atoms with Crippen LogP contribution in [0.2, 0.25) is 0 Å². The summed E-state index contributed by atoms with van der Waals surface area (Å²) in [5.41, 5.74) is 0. The second-order valence-corrected chi connectivity index (χ2v) is 6.68. The average molecular weight is 280 g/mol. The maximum Gasteiger partial charge on any atom is 0.267 e. The summed E-state index contributed by atoms with van der Waals surface area (Å²) in [6.45, 7) is 3.89. The molecule has 0 aromatic heterocycles. The van der Waals surface area contributed by atoms with Crippen LogP contribution >= 0.6 is 0 Å². The molecule has 0 aliphatic carbocycles. The predicted molar refractivity (Wildman–Crippen MR) is 74.2 cm³/mol. The number of aliphatic hydroxyl groups is 1. The summed E-state index contributed by atoms with van der Waals surface area (Å²) >= 11 is 0. The molecule has 0 aliphatic heterocycles. The molecule has 110 valence electrons. The van der Waals surface area contributed by atoms with Crippen molar-refractivity contribution in [1.29, 1.82) is 0 Å². The molecular weight excluding hydrogens is 252 g/mol. The van der Waals surface area contributed by atoms with Gasteiger partial charge >= 0.3 is 0 Å². The van der Waals surface area contributed by atoms with Crippen molar-refractivity contribution in [3.05, 3.63) is 0 Å². The summed E-state index contributed by atoms with van der Waals surface area (Å²) in [7, 11) is -3.88. The van der Waals surface area contributed by atoms with Crippen molar-refractivity contribution in [1.82, 2.24) is 0 Å². The molecule has 0 saturated carbocycles. The number of rotatable bonds is 11. The molecule has 0 rings (SSSR count). The lowest BCUT2D eigenvalue weighted by atomic mass is 10.0. The van der Waals surface area contributed by atoms with Crippen LogP contribution in [0.25, 0.3) is 0 Å². The van der Waals surface area contributed by atoms with Gasteiger partial charge in [-0.05, 0) is 25.7 Å². The lowest BCUT2D eigenvalue weighted by molar-refractivity contribution is 0.156. The molecule has 18 heavy (non-hydrogen) atoms. The van der Waals surface area contributed by atoms with E-state index in [2.05, 4.69) is 0 Å². The van der Waals surface area contributed by atoms with Crippen molar-refractivity contribution in [2.45, 2.75) is 83.0 Å². The Morgan fingerprint density at radius 1 is 0.944 bits per heavy atom. The van der Waals surface area contributed by atoms with E-state index in [0.717, 1.165) is 44.9 Å². The van der Waals surface area contributed by atoms with Crippen LogP contribution in [0.15, 0.2) is 0 Å². The van der Waals surface area contributed by atoms with E-state index < -0.39 is 15.4 Å². The predicted octanol–water partition coefficient (Wildman–Crippen LogP) is 3.15. The average Bonchev–Trinajstić information content (AvgIpc) is 2.30. The summed E-state index contributed by atoms with van der Waals surface area (Å²) in [5, 5.41) is 8.77. The first-order chi connectivity index (χ1) is 8.41. The van der Waals surface area contributed by atoms with E-state index in [1.807, 2.05) is 13.8 Å². The van der Waals surface area contributed by atoms with Gasteiger partial charge in [-0.25, -0.2) is 0 Å². The Hall–Kier alpha value is -0.130. The molecule has 5 heteroatoms. The van der Waals surface area contributed by atoms with Crippen LogP contribution < -0.4 is 0 Å². The lowest BCUT2D eigenvalue weighted by Gasteiger charge is -2.12. The van der Waals surface area contributed by atoms with E-state index >= 15 is 0 Å². The summed E-state index contributed by atoms with van der Waals surface area (Å²) < 4.78 is 31.2. The fraction of sp³-hybridized carbons (Fsp3) is 1.00. The Balaban J connectivity index is 3.68. The standard InChI is InChI=1S/C13H28O4S/c1-3-9-13(18(15,16)17)11-8-6-5-7-10-12(14)4-2/h12-14H,3-11H2,1-2H3,(H,15,16,17). The Labute approximate surface area is 112 Å². The summed E-state index contributed by atoms with van der Waals surface area (Å²) in [6, 6.07) is 0. The Kier molecular flexibility index (Phi) is 9.68. The first-order valence-electron chi connectivity index (χ1n) is 7.06. The molecule has 0 amide bonds. The van der Waals surface area contributed by atoms with E-state index in [4.69, 9.17) is 4.55 Å². The van der Waals surface area contributed by atoms with Gasteiger partial charge in [0.15, 0.2) is 0 Å². The molecule has 0 aromatic carbocycles. The monoisotopic (exact) mass is 280 g/mol. The second kappa shape index (κ2) is 9.75. The highest BCUT2D eigenvalue weighted by Gasteiger charge is 2.20. The molecule has 2 N–H and O–H groups in total. The van der Waals surface area contributed by atoms with E-state index in [9.17, 15) is 13.5 Å². The number of hydrogen-bond acceptors (Lipinski definition) is 3. The summed E-state index contributed by atoms with van der Waals surface area (Å²) in [4.78, 5) is 0. The van der Waals surface area contributed by atoms with Gasteiger partial charge in [-0.2, -0.15) is 8.42 Å². The highest BCUT2D eigenvalue weighted by Crippen LogP contribution is 2.17. The largest absolute Gasteiger partial charge is 0.393 e. The van der Waals surface area contributed by atoms with Gasteiger partial charge in [0.05, 0.1) is 11.4 Å².